The molecule has 17 heavy (non-hydrogen) atoms. The molecule has 0 amide bonds. The van der Waals surface area contributed by atoms with Gasteiger partial charge < -0.3 is 9.47 Å². The van der Waals surface area contributed by atoms with Crippen LogP contribution in [0.5, 0.6) is 0 Å². The summed E-state index contributed by atoms with van der Waals surface area (Å²) in [5, 5.41) is 0. The molecule has 0 radical (unpaired) electrons. The zero-order valence-electron chi connectivity index (χ0n) is 9.59. The zero-order valence-corrected chi connectivity index (χ0v) is 9.59. The molecule has 1 saturated heterocycles. The van der Waals surface area contributed by atoms with Crippen LogP contribution < -0.4 is 0 Å². The number of esters is 2. The monoisotopic (exact) mass is 234 g/mol. The molecular weight excluding hydrogens is 220 g/mol. The van der Waals surface area contributed by atoms with Crippen molar-refractivity contribution < 1.29 is 19.1 Å². The standard InChI is InChI=1S/C13H14O4/c1-9(14)16-8-12-11(7-13(15)17-12)10-5-3-2-4-6-10/h2-6,11-12H,7-8H2,1H3/t11-,12+/m1/s1. The fraction of sp³-hybridized carbons (Fsp3) is 0.385. The molecule has 1 aliphatic heterocycles. The average Bonchev–Trinajstić information content (AvgIpc) is 2.69. The Balaban J connectivity index is 2.09. The van der Waals surface area contributed by atoms with Crippen LogP contribution in [0.4, 0.5) is 0 Å². The zero-order chi connectivity index (χ0) is 12.3. The van der Waals surface area contributed by atoms with Gasteiger partial charge in [-0.25, -0.2) is 0 Å². The van der Waals surface area contributed by atoms with Crippen LogP contribution in [-0.4, -0.2) is 24.6 Å². The Bertz CT molecular complexity index is 413. The first-order valence-corrected chi connectivity index (χ1v) is 5.54. The second-order valence-corrected chi connectivity index (χ2v) is 4.05. The molecule has 90 valence electrons. The predicted octanol–water partition coefficient (Wildman–Crippen LogP) is 1.65. The number of cyclic esters (lactones) is 1. The minimum atomic E-state index is -0.367. The summed E-state index contributed by atoms with van der Waals surface area (Å²) in [5.41, 5.74) is 1.04. The molecule has 2 rings (SSSR count). The number of benzene rings is 1. The fourth-order valence-corrected chi connectivity index (χ4v) is 1.99. The van der Waals surface area contributed by atoms with Crippen molar-refractivity contribution in [2.24, 2.45) is 0 Å². The van der Waals surface area contributed by atoms with Gasteiger partial charge in [0.1, 0.15) is 12.7 Å². The lowest BCUT2D eigenvalue weighted by Crippen LogP contribution is -2.22. The lowest BCUT2D eigenvalue weighted by Gasteiger charge is -2.17. The molecule has 0 bridgehead atoms. The fourth-order valence-electron chi connectivity index (χ4n) is 1.99. The summed E-state index contributed by atoms with van der Waals surface area (Å²) in [6.45, 7) is 1.47. The molecule has 1 aliphatic rings. The summed E-state index contributed by atoms with van der Waals surface area (Å²) in [4.78, 5) is 22.1. The third kappa shape index (κ3) is 2.84. The summed E-state index contributed by atoms with van der Waals surface area (Å²) in [6.07, 6.45) is -0.0237. The number of carbonyl (C=O) groups excluding carboxylic acids is 2. The Morgan fingerprint density at radius 2 is 2.12 bits per heavy atom. The minimum absolute atomic E-state index is 0.0250. The number of rotatable bonds is 3. The molecule has 4 heteroatoms. The van der Waals surface area contributed by atoms with Crippen LogP contribution in [0.3, 0.4) is 0 Å². The van der Waals surface area contributed by atoms with Crippen molar-refractivity contribution in [2.75, 3.05) is 6.61 Å². The number of carbonyl (C=O) groups is 2. The van der Waals surface area contributed by atoms with E-state index in [0.29, 0.717) is 6.42 Å². The van der Waals surface area contributed by atoms with E-state index < -0.39 is 0 Å². The topological polar surface area (TPSA) is 52.6 Å². The molecule has 0 aromatic heterocycles. The third-order valence-corrected chi connectivity index (χ3v) is 2.80. The van der Waals surface area contributed by atoms with E-state index in [4.69, 9.17) is 9.47 Å². The normalized spacial score (nSPS) is 23.2. The lowest BCUT2D eigenvalue weighted by molar-refractivity contribution is -0.151. The molecule has 0 N–H and O–H groups in total. The smallest absolute Gasteiger partial charge is 0.306 e. The second-order valence-electron chi connectivity index (χ2n) is 4.05. The van der Waals surface area contributed by atoms with Crippen molar-refractivity contribution in [1.82, 2.24) is 0 Å². The van der Waals surface area contributed by atoms with Gasteiger partial charge in [-0.15, -0.1) is 0 Å². The minimum Gasteiger partial charge on any atom is -0.462 e. The van der Waals surface area contributed by atoms with E-state index >= 15 is 0 Å². The quantitative estimate of drug-likeness (QED) is 0.746. The van der Waals surface area contributed by atoms with Crippen molar-refractivity contribution in [3.63, 3.8) is 0 Å². The van der Waals surface area contributed by atoms with Gasteiger partial charge in [-0.1, -0.05) is 30.3 Å². The summed E-state index contributed by atoms with van der Waals surface area (Å²) in [7, 11) is 0. The van der Waals surface area contributed by atoms with Crippen molar-refractivity contribution in [2.45, 2.75) is 25.4 Å². The Labute approximate surface area is 99.5 Å². The molecule has 1 aromatic carbocycles. The first kappa shape index (κ1) is 11.6. The van der Waals surface area contributed by atoms with Gasteiger partial charge in [-0.3, -0.25) is 9.59 Å². The first-order valence-electron chi connectivity index (χ1n) is 5.54. The van der Waals surface area contributed by atoms with Crippen LogP contribution in [0, 0.1) is 0 Å². The van der Waals surface area contributed by atoms with Crippen LogP contribution in [0.2, 0.25) is 0 Å². The van der Waals surface area contributed by atoms with Crippen LogP contribution in [0.15, 0.2) is 30.3 Å². The first-order chi connectivity index (χ1) is 8.16. The average molecular weight is 234 g/mol. The van der Waals surface area contributed by atoms with Crippen LogP contribution in [0.1, 0.15) is 24.8 Å². The van der Waals surface area contributed by atoms with E-state index in [-0.39, 0.29) is 30.6 Å². The molecular formula is C13H14O4. The van der Waals surface area contributed by atoms with Crippen molar-refractivity contribution in [3.8, 4) is 0 Å². The van der Waals surface area contributed by atoms with Gasteiger partial charge >= 0.3 is 11.9 Å². The van der Waals surface area contributed by atoms with E-state index in [1.807, 2.05) is 30.3 Å². The highest BCUT2D eigenvalue weighted by Gasteiger charge is 2.36. The summed E-state index contributed by atoms with van der Waals surface area (Å²) in [6, 6.07) is 9.66. The maximum atomic E-state index is 11.3. The van der Waals surface area contributed by atoms with Crippen molar-refractivity contribution in [3.05, 3.63) is 35.9 Å². The lowest BCUT2D eigenvalue weighted by atomic mass is 9.93. The van der Waals surface area contributed by atoms with E-state index in [1.165, 1.54) is 6.92 Å². The highest BCUT2D eigenvalue weighted by atomic mass is 16.6. The molecule has 0 unspecified atom stereocenters. The Morgan fingerprint density at radius 3 is 2.76 bits per heavy atom. The molecule has 0 spiro atoms. The van der Waals surface area contributed by atoms with E-state index in [0.717, 1.165) is 5.56 Å². The van der Waals surface area contributed by atoms with E-state index in [9.17, 15) is 9.59 Å². The van der Waals surface area contributed by atoms with Crippen molar-refractivity contribution in [1.29, 1.82) is 0 Å². The van der Waals surface area contributed by atoms with Gasteiger partial charge in [0.2, 0.25) is 0 Å². The number of ether oxygens (including phenoxy) is 2. The molecule has 1 fully saturated rings. The van der Waals surface area contributed by atoms with Crippen molar-refractivity contribution >= 4 is 11.9 Å². The van der Waals surface area contributed by atoms with E-state index in [1.54, 1.807) is 0 Å². The van der Waals surface area contributed by atoms with Crippen LogP contribution in [0.25, 0.3) is 0 Å². The SMILES string of the molecule is CC(=O)OC[C@@H]1OC(=O)C[C@@H]1c1ccccc1. The van der Waals surface area contributed by atoms with Gasteiger partial charge in [0.05, 0.1) is 6.42 Å². The van der Waals surface area contributed by atoms with Crippen LogP contribution >= 0.6 is 0 Å². The Morgan fingerprint density at radius 1 is 1.41 bits per heavy atom. The summed E-state index contributed by atoms with van der Waals surface area (Å²) >= 11 is 0. The third-order valence-electron chi connectivity index (χ3n) is 2.80. The van der Waals surface area contributed by atoms with Gasteiger partial charge in [-0.2, -0.15) is 0 Å². The highest BCUT2D eigenvalue weighted by molar-refractivity contribution is 5.73. The predicted molar refractivity (Wildman–Crippen MR) is 60.3 cm³/mol. The second kappa shape index (κ2) is 4.99. The summed E-state index contributed by atoms with van der Waals surface area (Å²) < 4.78 is 10.1. The Hall–Kier alpha value is -1.84. The summed E-state index contributed by atoms with van der Waals surface area (Å²) in [5.74, 6) is -0.626. The molecule has 0 saturated carbocycles. The maximum absolute atomic E-state index is 11.3. The van der Waals surface area contributed by atoms with Crippen LogP contribution in [-0.2, 0) is 19.1 Å². The largest absolute Gasteiger partial charge is 0.462 e. The maximum Gasteiger partial charge on any atom is 0.306 e. The highest BCUT2D eigenvalue weighted by Crippen LogP contribution is 2.32. The molecule has 1 heterocycles. The molecule has 4 nitrogen and oxygen atoms in total. The van der Waals surface area contributed by atoms with Gasteiger partial charge in [0, 0.05) is 12.8 Å². The molecule has 0 aliphatic carbocycles. The van der Waals surface area contributed by atoms with E-state index in [2.05, 4.69) is 0 Å². The number of hydrogen-bond acceptors (Lipinski definition) is 4. The Kier molecular flexibility index (Phi) is 3.42. The van der Waals surface area contributed by atoms with Gasteiger partial charge in [0.25, 0.3) is 0 Å². The number of hydrogen-bond donors (Lipinski definition) is 0. The van der Waals surface area contributed by atoms with Gasteiger partial charge in [-0.05, 0) is 5.56 Å². The van der Waals surface area contributed by atoms with Gasteiger partial charge in [0.15, 0.2) is 0 Å². The molecule has 2 atom stereocenters. The molecule has 1 aromatic rings.